The summed E-state index contributed by atoms with van der Waals surface area (Å²) in [6.07, 6.45) is 0. The average Bonchev–Trinajstić information content (AvgIpc) is 2.99. The highest BCUT2D eigenvalue weighted by atomic mass is 19.1. The van der Waals surface area contributed by atoms with Crippen molar-refractivity contribution in [3.63, 3.8) is 0 Å². The standard InChI is InChI=1S/C16H16FN5O/c1-11-19-20-21-22(11)14-5-3-4-13(9-14)18-10-12-6-7-16(23-2)15(17)8-12/h3-9,18H,10H2,1-2H3. The van der Waals surface area contributed by atoms with Crippen molar-refractivity contribution in [2.75, 3.05) is 12.4 Å². The molecule has 0 saturated carbocycles. The predicted octanol–water partition coefficient (Wildman–Crippen LogP) is 2.73. The fraction of sp³-hybridized carbons (Fsp3) is 0.188. The number of aryl methyl sites for hydroxylation is 1. The number of tetrazole rings is 1. The Morgan fingerprint density at radius 2 is 2.09 bits per heavy atom. The van der Waals surface area contributed by atoms with E-state index in [2.05, 4.69) is 20.8 Å². The van der Waals surface area contributed by atoms with Crippen LogP contribution in [-0.2, 0) is 6.54 Å². The molecule has 0 bridgehead atoms. The zero-order chi connectivity index (χ0) is 16.2. The number of methoxy groups -OCH3 is 1. The largest absolute Gasteiger partial charge is 0.494 e. The lowest BCUT2D eigenvalue weighted by atomic mass is 10.2. The van der Waals surface area contributed by atoms with Gasteiger partial charge in [0.25, 0.3) is 0 Å². The van der Waals surface area contributed by atoms with E-state index in [9.17, 15) is 4.39 Å². The second-order valence-electron chi connectivity index (χ2n) is 5.01. The topological polar surface area (TPSA) is 64.9 Å². The fourth-order valence-electron chi connectivity index (χ4n) is 2.24. The van der Waals surface area contributed by atoms with E-state index in [1.807, 2.05) is 37.3 Å². The molecule has 1 heterocycles. The SMILES string of the molecule is COc1ccc(CNc2cccc(-n3nnnc3C)c2)cc1F. The number of ether oxygens (including phenoxy) is 1. The van der Waals surface area contributed by atoms with Gasteiger partial charge in [-0.2, -0.15) is 4.68 Å². The Morgan fingerprint density at radius 1 is 1.22 bits per heavy atom. The number of anilines is 1. The second kappa shape index (κ2) is 6.43. The van der Waals surface area contributed by atoms with Gasteiger partial charge in [0.05, 0.1) is 12.8 Å². The summed E-state index contributed by atoms with van der Waals surface area (Å²) >= 11 is 0. The number of benzene rings is 2. The van der Waals surface area contributed by atoms with Crippen LogP contribution in [0.15, 0.2) is 42.5 Å². The molecule has 0 radical (unpaired) electrons. The average molecular weight is 313 g/mol. The van der Waals surface area contributed by atoms with E-state index in [0.717, 1.165) is 16.9 Å². The first kappa shape index (κ1) is 15.0. The third kappa shape index (κ3) is 3.28. The quantitative estimate of drug-likeness (QED) is 0.784. The van der Waals surface area contributed by atoms with Crippen molar-refractivity contribution in [2.24, 2.45) is 0 Å². The first-order valence-electron chi connectivity index (χ1n) is 7.09. The van der Waals surface area contributed by atoms with Gasteiger partial charge in [0.1, 0.15) is 0 Å². The molecule has 0 spiro atoms. The maximum Gasteiger partial charge on any atom is 0.165 e. The molecule has 0 saturated heterocycles. The van der Waals surface area contributed by atoms with Crippen molar-refractivity contribution in [2.45, 2.75) is 13.5 Å². The van der Waals surface area contributed by atoms with Crippen LogP contribution >= 0.6 is 0 Å². The van der Waals surface area contributed by atoms with Crippen LogP contribution in [0.1, 0.15) is 11.4 Å². The highest BCUT2D eigenvalue weighted by Gasteiger charge is 2.06. The lowest BCUT2D eigenvalue weighted by molar-refractivity contribution is 0.386. The van der Waals surface area contributed by atoms with Gasteiger partial charge in [-0.1, -0.05) is 12.1 Å². The van der Waals surface area contributed by atoms with Crippen LogP contribution in [0.5, 0.6) is 5.75 Å². The molecule has 6 nitrogen and oxygen atoms in total. The Bertz CT molecular complexity index is 818. The molecule has 2 aromatic carbocycles. The van der Waals surface area contributed by atoms with Crippen molar-refractivity contribution in [3.8, 4) is 11.4 Å². The van der Waals surface area contributed by atoms with E-state index in [-0.39, 0.29) is 11.6 Å². The molecular weight excluding hydrogens is 297 g/mol. The van der Waals surface area contributed by atoms with Crippen LogP contribution in [0.4, 0.5) is 10.1 Å². The number of halogens is 1. The van der Waals surface area contributed by atoms with Crippen LogP contribution in [0.3, 0.4) is 0 Å². The van der Waals surface area contributed by atoms with Crippen LogP contribution in [0.25, 0.3) is 5.69 Å². The second-order valence-corrected chi connectivity index (χ2v) is 5.01. The third-order valence-electron chi connectivity index (χ3n) is 3.43. The van der Waals surface area contributed by atoms with E-state index in [4.69, 9.17) is 4.74 Å². The van der Waals surface area contributed by atoms with Gasteiger partial charge in [0.15, 0.2) is 17.4 Å². The Hall–Kier alpha value is -2.96. The molecule has 7 heteroatoms. The van der Waals surface area contributed by atoms with Gasteiger partial charge in [-0.05, 0) is 53.2 Å². The zero-order valence-corrected chi connectivity index (χ0v) is 12.8. The number of rotatable bonds is 5. The van der Waals surface area contributed by atoms with Gasteiger partial charge < -0.3 is 10.1 Å². The minimum atomic E-state index is -0.370. The van der Waals surface area contributed by atoms with E-state index in [1.165, 1.54) is 13.2 Å². The van der Waals surface area contributed by atoms with E-state index >= 15 is 0 Å². The molecule has 0 aliphatic heterocycles. The van der Waals surface area contributed by atoms with Gasteiger partial charge >= 0.3 is 0 Å². The highest BCUT2D eigenvalue weighted by molar-refractivity contribution is 5.51. The first-order valence-corrected chi connectivity index (χ1v) is 7.09. The molecule has 0 atom stereocenters. The van der Waals surface area contributed by atoms with Crippen LogP contribution in [0.2, 0.25) is 0 Å². The molecule has 0 aliphatic carbocycles. The zero-order valence-electron chi connectivity index (χ0n) is 12.8. The normalized spacial score (nSPS) is 10.6. The number of hydrogen-bond acceptors (Lipinski definition) is 5. The molecule has 118 valence electrons. The Kier molecular flexibility index (Phi) is 4.18. The van der Waals surface area contributed by atoms with Crippen LogP contribution < -0.4 is 10.1 Å². The number of nitrogens with zero attached hydrogens (tertiary/aromatic N) is 4. The van der Waals surface area contributed by atoms with Crippen molar-refractivity contribution < 1.29 is 9.13 Å². The molecule has 0 aliphatic rings. The molecular formula is C16H16FN5O. The Labute approximate surface area is 132 Å². The van der Waals surface area contributed by atoms with E-state index in [0.29, 0.717) is 12.4 Å². The summed E-state index contributed by atoms with van der Waals surface area (Å²) < 4.78 is 20.3. The van der Waals surface area contributed by atoms with Crippen LogP contribution in [0, 0.1) is 12.7 Å². The van der Waals surface area contributed by atoms with Gasteiger partial charge in [-0.25, -0.2) is 4.39 Å². The molecule has 1 aromatic heterocycles. The molecule has 3 aromatic rings. The molecule has 1 N–H and O–H groups in total. The van der Waals surface area contributed by atoms with Crippen molar-refractivity contribution in [1.29, 1.82) is 0 Å². The summed E-state index contributed by atoms with van der Waals surface area (Å²) in [4.78, 5) is 0. The number of hydrogen-bond donors (Lipinski definition) is 1. The maximum absolute atomic E-state index is 13.7. The summed E-state index contributed by atoms with van der Waals surface area (Å²) in [7, 11) is 1.45. The Morgan fingerprint density at radius 3 is 2.78 bits per heavy atom. The Balaban J connectivity index is 1.74. The lowest BCUT2D eigenvalue weighted by Gasteiger charge is -2.10. The number of aromatic nitrogens is 4. The number of nitrogens with one attached hydrogen (secondary N) is 1. The van der Waals surface area contributed by atoms with Crippen molar-refractivity contribution in [1.82, 2.24) is 20.2 Å². The monoisotopic (exact) mass is 313 g/mol. The molecule has 0 amide bonds. The van der Waals surface area contributed by atoms with E-state index < -0.39 is 0 Å². The summed E-state index contributed by atoms with van der Waals surface area (Å²) in [6, 6.07) is 12.6. The van der Waals surface area contributed by atoms with E-state index in [1.54, 1.807) is 10.7 Å². The molecule has 0 fully saturated rings. The molecule has 23 heavy (non-hydrogen) atoms. The molecule has 0 unspecified atom stereocenters. The molecule has 3 rings (SSSR count). The third-order valence-corrected chi connectivity index (χ3v) is 3.43. The minimum Gasteiger partial charge on any atom is -0.494 e. The van der Waals surface area contributed by atoms with Crippen molar-refractivity contribution >= 4 is 5.69 Å². The fourth-order valence-corrected chi connectivity index (χ4v) is 2.24. The smallest absolute Gasteiger partial charge is 0.165 e. The van der Waals surface area contributed by atoms with Gasteiger partial charge in [0, 0.05) is 12.2 Å². The van der Waals surface area contributed by atoms with Crippen LogP contribution in [-0.4, -0.2) is 27.3 Å². The summed E-state index contributed by atoms with van der Waals surface area (Å²) in [5.41, 5.74) is 2.58. The lowest BCUT2D eigenvalue weighted by Crippen LogP contribution is -2.03. The van der Waals surface area contributed by atoms with Gasteiger partial charge in [-0.15, -0.1) is 5.10 Å². The first-order chi connectivity index (χ1) is 11.2. The summed E-state index contributed by atoms with van der Waals surface area (Å²) in [6.45, 7) is 2.33. The predicted molar refractivity (Wildman–Crippen MR) is 84.2 cm³/mol. The maximum atomic E-state index is 13.7. The highest BCUT2D eigenvalue weighted by Crippen LogP contribution is 2.19. The van der Waals surface area contributed by atoms with Crippen molar-refractivity contribution in [3.05, 3.63) is 59.7 Å². The minimum absolute atomic E-state index is 0.241. The van der Waals surface area contributed by atoms with Gasteiger partial charge in [-0.3, -0.25) is 0 Å². The summed E-state index contributed by atoms with van der Waals surface area (Å²) in [5.74, 6) is 0.578. The van der Waals surface area contributed by atoms with Gasteiger partial charge in [0.2, 0.25) is 0 Å². The summed E-state index contributed by atoms with van der Waals surface area (Å²) in [5, 5.41) is 14.7.